The van der Waals surface area contributed by atoms with E-state index in [1.54, 1.807) is 36.4 Å². The molecule has 2 heterocycles. The Kier molecular flexibility index (Phi) is 7.01. The number of pyridine rings is 1. The summed E-state index contributed by atoms with van der Waals surface area (Å²) >= 11 is 0. The average molecular weight is 443 g/mol. The van der Waals surface area contributed by atoms with Crippen LogP contribution in [-0.4, -0.2) is 63.0 Å². The number of hydrogen-bond donors (Lipinski definition) is 2. The van der Waals surface area contributed by atoms with E-state index < -0.39 is 11.0 Å². The molecule has 0 spiro atoms. The van der Waals surface area contributed by atoms with Crippen molar-refractivity contribution in [2.75, 3.05) is 38.5 Å². The summed E-state index contributed by atoms with van der Waals surface area (Å²) in [6.07, 6.45) is 0. The van der Waals surface area contributed by atoms with Gasteiger partial charge in [0, 0.05) is 54.4 Å². The number of piperazine rings is 1. The van der Waals surface area contributed by atoms with Gasteiger partial charge >= 0.3 is 0 Å². The minimum absolute atomic E-state index is 0. The zero-order valence-corrected chi connectivity index (χ0v) is 18.3. The maximum absolute atomic E-state index is 12.9. The first-order chi connectivity index (χ1) is 14.4. The van der Waals surface area contributed by atoms with Crippen molar-refractivity contribution in [3.63, 3.8) is 0 Å². The first kappa shape index (κ1) is 22.8. The highest BCUT2D eigenvalue weighted by Crippen LogP contribution is 2.21. The number of H-pyrrole nitrogens is 1. The quantitative estimate of drug-likeness (QED) is 0.637. The number of rotatable bonds is 4. The van der Waals surface area contributed by atoms with E-state index in [1.807, 2.05) is 17.3 Å². The predicted octanol–water partition coefficient (Wildman–Crippen LogP) is 1.53. The van der Waals surface area contributed by atoms with Crippen molar-refractivity contribution in [1.29, 1.82) is 0 Å². The van der Waals surface area contributed by atoms with Gasteiger partial charge < -0.3 is 20.7 Å². The summed E-state index contributed by atoms with van der Waals surface area (Å²) < 4.78 is 14.8. The van der Waals surface area contributed by atoms with Gasteiger partial charge in [-0.1, -0.05) is 6.07 Å². The predicted molar refractivity (Wildman–Crippen MR) is 123 cm³/mol. The zero-order chi connectivity index (χ0) is 21.3. The minimum Gasteiger partial charge on any atom is -0.412 e. The lowest BCUT2D eigenvalue weighted by Crippen LogP contribution is -2.45. The topological polar surface area (TPSA) is 117 Å². The SMILES string of the molecule is Cc1cc(=O)[nH]c2ccc(NC(=O)c3cccc(S(=O)N4CCN(C)CC4)c3)cc12.O. The van der Waals surface area contributed by atoms with Crippen LogP contribution in [0.15, 0.2) is 58.2 Å². The molecule has 1 atom stereocenters. The summed E-state index contributed by atoms with van der Waals surface area (Å²) in [6, 6.07) is 13.8. The zero-order valence-electron chi connectivity index (χ0n) is 17.5. The van der Waals surface area contributed by atoms with Crippen LogP contribution in [0.1, 0.15) is 15.9 Å². The van der Waals surface area contributed by atoms with Crippen molar-refractivity contribution in [3.8, 4) is 0 Å². The highest BCUT2D eigenvalue weighted by atomic mass is 32.2. The Morgan fingerprint density at radius 2 is 1.81 bits per heavy atom. The Morgan fingerprint density at radius 3 is 2.55 bits per heavy atom. The van der Waals surface area contributed by atoms with Crippen LogP contribution in [0.25, 0.3) is 10.9 Å². The third-order valence-corrected chi connectivity index (χ3v) is 6.79. The van der Waals surface area contributed by atoms with Crippen LogP contribution in [0.2, 0.25) is 0 Å². The molecule has 1 aromatic heterocycles. The number of nitrogens with zero attached hydrogens (tertiary/aromatic N) is 2. The fourth-order valence-electron chi connectivity index (χ4n) is 3.55. The number of benzene rings is 2. The number of aromatic amines is 1. The second-order valence-electron chi connectivity index (χ2n) is 7.54. The summed E-state index contributed by atoms with van der Waals surface area (Å²) in [5.41, 5.74) is 2.50. The van der Waals surface area contributed by atoms with E-state index in [0.717, 1.165) is 42.6 Å². The van der Waals surface area contributed by atoms with Gasteiger partial charge in [-0.25, -0.2) is 8.51 Å². The van der Waals surface area contributed by atoms with Crippen LogP contribution in [0, 0.1) is 6.92 Å². The molecule has 8 nitrogen and oxygen atoms in total. The molecule has 0 bridgehead atoms. The van der Waals surface area contributed by atoms with E-state index in [-0.39, 0.29) is 16.9 Å². The van der Waals surface area contributed by atoms with Crippen molar-refractivity contribution in [2.45, 2.75) is 11.8 Å². The van der Waals surface area contributed by atoms with Crippen molar-refractivity contribution in [3.05, 3.63) is 70.0 Å². The van der Waals surface area contributed by atoms with E-state index in [0.29, 0.717) is 16.1 Å². The summed E-state index contributed by atoms with van der Waals surface area (Å²) in [7, 11) is 0.764. The van der Waals surface area contributed by atoms with Gasteiger partial charge in [-0.2, -0.15) is 0 Å². The fourth-order valence-corrected chi connectivity index (χ4v) is 4.77. The molecule has 1 fully saturated rings. The monoisotopic (exact) mass is 442 g/mol. The van der Waals surface area contributed by atoms with E-state index in [1.165, 1.54) is 6.07 Å². The molecular formula is C22H26N4O4S. The first-order valence-electron chi connectivity index (χ1n) is 9.81. The molecule has 31 heavy (non-hydrogen) atoms. The Labute approximate surface area is 182 Å². The maximum atomic E-state index is 12.9. The van der Waals surface area contributed by atoms with Crippen molar-refractivity contribution in [1.82, 2.24) is 14.2 Å². The van der Waals surface area contributed by atoms with Gasteiger partial charge in [0.05, 0.1) is 4.90 Å². The molecule has 164 valence electrons. The number of fused-ring (bicyclic) bond motifs is 1. The number of aromatic nitrogens is 1. The largest absolute Gasteiger partial charge is 0.412 e. The molecule has 4 N–H and O–H groups in total. The lowest BCUT2D eigenvalue weighted by atomic mass is 10.1. The second-order valence-corrected chi connectivity index (χ2v) is 9.03. The number of carbonyl (C=O) groups excluding carboxylic acids is 1. The van der Waals surface area contributed by atoms with Gasteiger partial charge in [-0.3, -0.25) is 9.59 Å². The lowest BCUT2D eigenvalue weighted by Gasteiger charge is -2.31. The Bertz CT molecular complexity index is 1190. The van der Waals surface area contributed by atoms with E-state index >= 15 is 0 Å². The third kappa shape index (κ3) is 5.08. The number of aryl methyl sites for hydroxylation is 1. The number of hydrogen-bond acceptors (Lipinski definition) is 4. The standard InChI is InChI=1S/C22H24N4O3S.H2O/c1-15-12-21(27)24-20-7-6-17(14-19(15)20)23-22(28)16-4-3-5-18(13-16)30(29)26-10-8-25(2)9-11-26;/h3-7,12-14H,8-11H2,1-2H3,(H,23,28)(H,24,27);1H2. The molecule has 9 heteroatoms. The number of anilines is 1. The number of nitrogens with one attached hydrogen (secondary N) is 2. The molecule has 1 amide bonds. The molecule has 1 aliphatic rings. The van der Waals surface area contributed by atoms with Crippen LogP contribution < -0.4 is 10.9 Å². The second kappa shape index (κ2) is 9.52. The molecule has 0 radical (unpaired) electrons. The van der Waals surface area contributed by atoms with E-state index in [2.05, 4.69) is 22.2 Å². The average Bonchev–Trinajstić information content (AvgIpc) is 2.74. The van der Waals surface area contributed by atoms with Crippen LogP contribution in [0.3, 0.4) is 0 Å². The number of carbonyl (C=O) groups is 1. The first-order valence-corrected chi connectivity index (χ1v) is 10.9. The van der Waals surface area contributed by atoms with Crippen molar-refractivity contribution >= 4 is 33.5 Å². The van der Waals surface area contributed by atoms with Crippen molar-refractivity contribution < 1.29 is 14.5 Å². The molecule has 4 rings (SSSR count). The Hall–Kier alpha value is -2.85. The third-order valence-electron chi connectivity index (χ3n) is 5.30. The van der Waals surface area contributed by atoms with Gasteiger partial charge in [-0.15, -0.1) is 0 Å². The minimum atomic E-state index is -1.29. The van der Waals surface area contributed by atoms with Crippen LogP contribution >= 0.6 is 0 Å². The fraction of sp³-hybridized carbons (Fsp3) is 0.273. The molecule has 1 aliphatic heterocycles. The molecule has 2 aromatic carbocycles. The van der Waals surface area contributed by atoms with Crippen LogP contribution in [0.5, 0.6) is 0 Å². The highest BCUT2D eigenvalue weighted by molar-refractivity contribution is 7.82. The molecular weight excluding hydrogens is 416 g/mol. The normalized spacial score (nSPS) is 15.9. The van der Waals surface area contributed by atoms with Crippen molar-refractivity contribution in [2.24, 2.45) is 0 Å². The summed E-state index contributed by atoms with van der Waals surface area (Å²) in [4.78, 5) is 30.0. The maximum Gasteiger partial charge on any atom is 0.255 e. The summed E-state index contributed by atoms with van der Waals surface area (Å²) in [5.74, 6) is -0.270. The van der Waals surface area contributed by atoms with Gasteiger partial charge in [0.1, 0.15) is 11.0 Å². The Balaban J connectivity index is 0.00000272. The molecule has 1 saturated heterocycles. The summed E-state index contributed by atoms with van der Waals surface area (Å²) in [6.45, 7) is 5.08. The molecule has 1 unspecified atom stereocenters. The molecule has 0 saturated carbocycles. The summed E-state index contributed by atoms with van der Waals surface area (Å²) in [5, 5.41) is 3.77. The highest BCUT2D eigenvalue weighted by Gasteiger charge is 2.21. The molecule has 0 aliphatic carbocycles. The van der Waals surface area contributed by atoms with Gasteiger partial charge in [0.2, 0.25) is 5.56 Å². The van der Waals surface area contributed by atoms with Crippen LogP contribution in [0.4, 0.5) is 5.69 Å². The van der Waals surface area contributed by atoms with Gasteiger partial charge in [-0.05, 0) is 55.9 Å². The van der Waals surface area contributed by atoms with Gasteiger partial charge in [0.25, 0.3) is 5.91 Å². The number of amides is 1. The Morgan fingerprint density at radius 1 is 1.06 bits per heavy atom. The van der Waals surface area contributed by atoms with Crippen LogP contribution in [-0.2, 0) is 11.0 Å². The van der Waals surface area contributed by atoms with Gasteiger partial charge in [0.15, 0.2) is 0 Å². The lowest BCUT2D eigenvalue weighted by molar-refractivity contribution is 0.102. The van der Waals surface area contributed by atoms with E-state index in [9.17, 15) is 13.8 Å². The smallest absolute Gasteiger partial charge is 0.255 e. The number of likely N-dealkylation sites (N-methyl/N-ethyl adjacent to an activating group) is 1. The molecule has 3 aromatic rings. The van der Waals surface area contributed by atoms with E-state index in [4.69, 9.17) is 0 Å².